The highest BCUT2D eigenvalue weighted by atomic mass is 19.1. The fourth-order valence-electron chi connectivity index (χ4n) is 3.26. The summed E-state index contributed by atoms with van der Waals surface area (Å²) in [6.07, 6.45) is 4.56. The third-order valence-electron chi connectivity index (χ3n) is 4.72. The first-order chi connectivity index (χ1) is 12.5. The van der Waals surface area contributed by atoms with Gasteiger partial charge in [-0.2, -0.15) is 5.10 Å². The molecule has 5 heteroatoms. The molecule has 0 amide bonds. The number of aromatic nitrogens is 2. The molecule has 1 fully saturated rings. The molecule has 0 bridgehead atoms. The van der Waals surface area contributed by atoms with Crippen LogP contribution in [0.4, 0.5) is 10.1 Å². The van der Waals surface area contributed by atoms with Crippen LogP contribution >= 0.6 is 0 Å². The normalized spacial score (nSPS) is 14.4. The van der Waals surface area contributed by atoms with Crippen molar-refractivity contribution in [2.45, 2.75) is 27.2 Å². The smallest absolute Gasteiger partial charge is 0.150 e. The van der Waals surface area contributed by atoms with Crippen LogP contribution in [-0.4, -0.2) is 36.1 Å². The molecule has 4 nitrogen and oxygen atoms in total. The standard InChI is InChI=1S/C21H26FN3O/c1-5-16-14-25(23-21(16)18(6-2)15(3)4)20-8-7-17(13-19(20)22)24-9-11-26-12-10-24/h6-8,13-14H,2,5,9-12H2,1,3-4H3. The Balaban J connectivity index is 1.98. The summed E-state index contributed by atoms with van der Waals surface area (Å²) in [5.74, 6) is -0.275. The van der Waals surface area contributed by atoms with E-state index in [0.29, 0.717) is 18.9 Å². The monoisotopic (exact) mass is 355 g/mol. The van der Waals surface area contributed by atoms with E-state index >= 15 is 0 Å². The maximum atomic E-state index is 14.8. The maximum absolute atomic E-state index is 14.8. The van der Waals surface area contributed by atoms with E-state index in [2.05, 4.69) is 23.5 Å². The van der Waals surface area contributed by atoms with Gasteiger partial charge in [0, 0.05) is 30.5 Å². The average Bonchev–Trinajstić information content (AvgIpc) is 3.06. The van der Waals surface area contributed by atoms with Crippen LogP contribution in [0.15, 0.2) is 42.6 Å². The van der Waals surface area contributed by atoms with Gasteiger partial charge in [0.05, 0.1) is 18.9 Å². The van der Waals surface area contributed by atoms with Gasteiger partial charge in [-0.1, -0.05) is 25.2 Å². The molecule has 1 saturated heterocycles. The van der Waals surface area contributed by atoms with E-state index in [0.717, 1.165) is 47.6 Å². The molecule has 2 aromatic rings. The zero-order valence-corrected chi connectivity index (χ0v) is 15.8. The predicted octanol–water partition coefficient (Wildman–Crippen LogP) is 4.39. The van der Waals surface area contributed by atoms with Crippen LogP contribution in [0, 0.1) is 5.82 Å². The van der Waals surface area contributed by atoms with Crippen LogP contribution in [0.2, 0.25) is 0 Å². The number of morpholine rings is 1. The fraction of sp³-hybridized carbons (Fsp3) is 0.381. The quantitative estimate of drug-likeness (QED) is 0.745. The summed E-state index contributed by atoms with van der Waals surface area (Å²) < 4.78 is 21.8. The topological polar surface area (TPSA) is 30.3 Å². The Hall–Kier alpha value is -2.40. The second-order valence-electron chi connectivity index (χ2n) is 6.65. The highest BCUT2D eigenvalue weighted by Gasteiger charge is 2.17. The van der Waals surface area contributed by atoms with Gasteiger partial charge in [0.2, 0.25) is 0 Å². The molecule has 0 unspecified atom stereocenters. The number of nitrogens with zero attached hydrogens (tertiary/aromatic N) is 3. The van der Waals surface area contributed by atoms with Crippen LogP contribution in [0.1, 0.15) is 32.0 Å². The third-order valence-corrected chi connectivity index (χ3v) is 4.72. The third kappa shape index (κ3) is 3.58. The largest absolute Gasteiger partial charge is 0.378 e. The van der Waals surface area contributed by atoms with Crippen molar-refractivity contribution in [2.75, 3.05) is 31.2 Å². The number of halogens is 1. The Labute approximate surface area is 154 Å². The Kier molecular flexibility index (Phi) is 5.57. The molecular formula is C21H26FN3O. The number of allylic oxidation sites excluding steroid dienone is 3. The Bertz CT molecular complexity index is 828. The van der Waals surface area contributed by atoms with Crippen molar-refractivity contribution in [3.63, 3.8) is 0 Å². The summed E-state index contributed by atoms with van der Waals surface area (Å²) in [4.78, 5) is 2.14. The minimum absolute atomic E-state index is 0.275. The molecule has 2 heterocycles. The molecule has 1 aliphatic heterocycles. The lowest BCUT2D eigenvalue weighted by Crippen LogP contribution is -2.36. The molecular weight excluding hydrogens is 329 g/mol. The van der Waals surface area contributed by atoms with Gasteiger partial charge >= 0.3 is 0 Å². The number of benzene rings is 1. The summed E-state index contributed by atoms with van der Waals surface area (Å²) in [5.41, 5.74) is 5.44. The molecule has 0 N–H and O–H groups in total. The number of aryl methyl sites for hydroxylation is 1. The highest BCUT2D eigenvalue weighted by molar-refractivity contribution is 5.75. The Morgan fingerprint density at radius 2 is 2.04 bits per heavy atom. The molecule has 0 radical (unpaired) electrons. The molecule has 0 saturated carbocycles. The molecule has 1 aromatic carbocycles. The number of anilines is 1. The van der Waals surface area contributed by atoms with Gasteiger partial charge in [-0.05, 0) is 44.0 Å². The summed E-state index contributed by atoms with van der Waals surface area (Å²) >= 11 is 0. The van der Waals surface area contributed by atoms with Crippen LogP contribution in [0.5, 0.6) is 0 Å². The second kappa shape index (κ2) is 7.87. The first-order valence-corrected chi connectivity index (χ1v) is 9.06. The van der Waals surface area contributed by atoms with Gasteiger partial charge in [0.1, 0.15) is 5.69 Å². The van der Waals surface area contributed by atoms with Gasteiger partial charge in [-0.25, -0.2) is 9.07 Å². The average molecular weight is 355 g/mol. The van der Waals surface area contributed by atoms with Gasteiger partial charge in [-0.3, -0.25) is 0 Å². The number of ether oxygens (including phenoxy) is 1. The molecule has 138 valence electrons. The van der Waals surface area contributed by atoms with Crippen LogP contribution < -0.4 is 4.90 Å². The van der Waals surface area contributed by atoms with Crippen molar-refractivity contribution >= 4 is 11.3 Å². The van der Waals surface area contributed by atoms with E-state index in [9.17, 15) is 4.39 Å². The molecule has 0 aliphatic carbocycles. The molecule has 0 atom stereocenters. The molecule has 26 heavy (non-hydrogen) atoms. The molecule has 1 aliphatic rings. The van der Waals surface area contributed by atoms with E-state index in [4.69, 9.17) is 4.74 Å². The Morgan fingerprint density at radius 1 is 1.31 bits per heavy atom. The van der Waals surface area contributed by atoms with Crippen LogP contribution in [0.3, 0.4) is 0 Å². The van der Waals surface area contributed by atoms with Crippen molar-refractivity contribution in [3.8, 4) is 5.69 Å². The molecule has 1 aromatic heterocycles. The lowest BCUT2D eigenvalue weighted by Gasteiger charge is -2.29. The number of rotatable bonds is 5. The summed E-state index contributed by atoms with van der Waals surface area (Å²) in [6.45, 7) is 13.0. The van der Waals surface area contributed by atoms with Crippen molar-refractivity contribution in [3.05, 3.63) is 59.7 Å². The van der Waals surface area contributed by atoms with Gasteiger partial charge in [0.15, 0.2) is 5.82 Å². The second-order valence-corrected chi connectivity index (χ2v) is 6.65. The van der Waals surface area contributed by atoms with Crippen molar-refractivity contribution in [1.29, 1.82) is 0 Å². The minimum atomic E-state index is -0.275. The fourth-order valence-corrected chi connectivity index (χ4v) is 3.26. The first-order valence-electron chi connectivity index (χ1n) is 9.06. The summed E-state index contributed by atoms with van der Waals surface area (Å²) in [7, 11) is 0. The summed E-state index contributed by atoms with van der Waals surface area (Å²) in [5, 5.41) is 4.66. The van der Waals surface area contributed by atoms with Crippen molar-refractivity contribution < 1.29 is 9.13 Å². The SMILES string of the molecule is C=CC(=C(C)C)c1nn(-c2ccc(N3CCOCC3)cc2F)cc1CC. The van der Waals surface area contributed by atoms with Crippen molar-refractivity contribution in [1.82, 2.24) is 9.78 Å². The van der Waals surface area contributed by atoms with Gasteiger partial charge < -0.3 is 9.64 Å². The zero-order chi connectivity index (χ0) is 18.7. The van der Waals surface area contributed by atoms with Crippen LogP contribution in [0.25, 0.3) is 11.3 Å². The molecule has 3 rings (SSSR count). The predicted molar refractivity (Wildman–Crippen MR) is 104 cm³/mol. The summed E-state index contributed by atoms with van der Waals surface area (Å²) in [6, 6.07) is 5.33. The highest BCUT2D eigenvalue weighted by Crippen LogP contribution is 2.26. The maximum Gasteiger partial charge on any atom is 0.150 e. The lowest BCUT2D eigenvalue weighted by molar-refractivity contribution is 0.122. The van der Waals surface area contributed by atoms with Gasteiger partial charge in [-0.15, -0.1) is 0 Å². The van der Waals surface area contributed by atoms with E-state index in [1.807, 2.05) is 32.2 Å². The zero-order valence-electron chi connectivity index (χ0n) is 15.8. The minimum Gasteiger partial charge on any atom is -0.378 e. The van der Waals surface area contributed by atoms with Crippen LogP contribution in [-0.2, 0) is 11.2 Å². The van der Waals surface area contributed by atoms with E-state index in [1.165, 1.54) is 0 Å². The van der Waals surface area contributed by atoms with E-state index < -0.39 is 0 Å². The van der Waals surface area contributed by atoms with Crippen molar-refractivity contribution in [2.24, 2.45) is 0 Å². The lowest BCUT2D eigenvalue weighted by atomic mass is 10.0. The Morgan fingerprint density at radius 3 is 2.62 bits per heavy atom. The van der Waals surface area contributed by atoms with Gasteiger partial charge in [0.25, 0.3) is 0 Å². The first kappa shape index (κ1) is 18.4. The number of hydrogen-bond donors (Lipinski definition) is 0. The molecule has 0 spiro atoms. The number of hydrogen-bond acceptors (Lipinski definition) is 3. The van der Waals surface area contributed by atoms with E-state index in [1.54, 1.807) is 16.8 Å². The van der Waals surface area contributed by atoms with E-state index in [-0.39, 0.29) is 5.82 Å².